The molecule has 0 fully saturated rings. The van der Waals surface area contributed by atoms with E-state index in [9.17, 15) is 0 Å². The molecule has 0 saturated carbocycles. The van der Waals surface area contributed by atoms with E-state index in [0.29, 0.717) is 0 Å². The fraction of sp³-hybridized carbons (Fsp3) is 0.200. The van der Waals surface area contributed by atoms with Gasteiger partial charge in [0.2, 0.25) is 0 Å². The van der Waals surface area contributed by atoms with E-state index in [1.807, 2.05) is 24.0 Å². The summed E-state index contributed by atoms with van der Waals surface area (Å²) in [7, 11) is 0. The van der Waals surface area contributed by atoms with Crippen LogP contribution in [0.3, 0.4) is 0 Å². The van der Waals surface area contributed by atoms with Gasteiger partial charge in [0.25, 0.3) is 0 Å². The van der Waals surface area contributed by atoms with Crippen LogP contribution in [-0.2, 0) is 28.1 Å². The van der Waals surface area contributed by atoms with Crippen LogP contribution in [0.2, 0.25) is 0 Å². The molecule has 0 bridgehead atoms. The second-order valence-electron chi connectivity index (χ2n) is 3.01. The average molecular weight is 332 g/mol. The molecule has 0 saturated heterocycles. The van der Waals surface area contributed by atoms with Crippen molar-refractivity contribution in [2.24, 2.45) is 5.84 Å². The number of rotatable bonds is 3. The standard InChI is InChI=1S/C10H12N2S2.Ag/c11-12-6-10(14-8-12)13-7-9-4-2-1-3-5-9;/h1-6H,7-8,11H2;. The molecule has 5 heteroatoms. The molecule has 15 heavy (non-hydrogen) atoms. The van der Waals surface area contributed by atoms with Crippen molar-refractivity contribution < 1.29 is 22.4 Å². The van der Waals surface area contributed by atoms with Gasteiger partial charge >= 0.3 is 0 Å². The van der Waals surface area contributed by atoms with Gasteiger partial charge in [-0.25, -0.2) is 5.84 Å². The molecule has 1 aromatic rings. The maximum Gasteiger partial charge on any atom is 0.0842 e. The van der Waals surface area contributed by atoms with E-state index >= 15 is 0 Å². The summed E-state index contributed by atoms with van der Waals surface area (Å²) >= 11 is 3.64. The number of benzene rings is 1. The summed E-state index contributed by atoms with van der Waals surface area (Å²) in [6.45, 7) is 0. The average Bonchev–Trinajstić information content (AvgIpc) is 2.63. The Kier molecular flexibility index (Phi) is 5.89. The van der Waals surface area contributed by atoms with E-state index in [1.54, 1.807) is 16.8 Å². The molecule has 0 unspecified atom stereocenters. The van der Waals surface area contributed by atoms with E-state index in [-0.39, 0.29) is 22.4 Å². The molecule has 0 atom stereocenters. The van der Waals surface area contributed by atoms with Gasteiger partial charge in [0, 0.05) is 34.3 Å². The van der Waals surface area contributed by atoms with Crippen LogP contribution in [0.5, 0.6) is 0 Å². The van der Waals surface area contributed by atoms with E-state index in [4.69, 9.17) is 5.84 Å². The summed E-state index contributed by atoms with van der Waals surface area (Å²) in [4.78, 5) is 0. The molecule has 1 radical (unpaired) electrons. The Morgan fingerprint density at radius 1 is 1.33 bits per heavy atom. The molecule has 1 aliphatic heterocycles. The van der Waals surface area contributed by atoms with Crippen LogP contribution in [0.4, 0.5) is 0 Å². The smallest absolute Gasteiger partial charge is 0.0842 e. The topological polar surface area (TPSA) is 29.3 Å². The van der Waals surface area contributed by atoms with Gasteiger partial charge in [-0.05, 0) is 5.56 Å². The van der Waals surface area contributed by atoms with Gasteiger partial charge in [0.15, 0.2) is 0 Å². The van der Waals surface area contributed by atoms with Crippen LogP contribution in [0.25, 0.3) is 0 Å². The minimum atomic E-state index is 0. The predicted molar refractivity (Wildman–Crippen MR) is 64.3 cm³/mol. The van der Waals surface area contributed by atoms with Crippen LogP contribution in [0.1, 0.15) is 5.56 Å². The van der Waals surface area contributed by atoms with E-state index < -0.39 is 0 Å². The largest absolute Gasteiger partial charge is 0.306 e. The van der Waals surface area contributed by atoms with Crippen LogP contribution in [0.15, 0.2) is 40.8 Å². The zero-order valence-corrected chi connectivity index (χ0v) is 11.1. The van der Waals surface area contributed by atoms with Crippen molar-refractivity contribution in [1.29, 1.82) is 0 Å². The Morgan fingerprint density at radius 2 is 2.07 bits per heavy atom. The normalized spacial score (nSPS) is 14.7. The molecule has 2 N–H and O–H groups in total. The summed E-state index contributed by atoms with van der Waals surface area (Å²) in [6, 6.07) is 10.5. The Bertz CT molecular complexity index is 329. The van der Waals surface area contributed by atoms with Gasteiger partial charge in [-0.15, -0.1) is 11.8 Å². The molecule has 0 aromatic heterocycles. The number of nitrogens with zero attached hydrogens (tertiary/aromatic N) is 1. The molecule has 85 valence electrons. The van der Waals surface area contributed by atoms with Crippen molar-refractivity contribution in [1.82, 2.24) is 5.01 Å². The van der Waals surface area contributed by atoms with Crippen LogP contribution in [-0.4, -0.2) is 10.9 Å². The fourth-order valence-electron chi connectivity index (χ4n) is 1.16. The number of thioether (sulfide) groups is 2. The Morgan fingerprint density at radius 3 is 2.67 bits per heavy atom. The molecule has 2 rings (SSSR count). The molecule has 0 amide bonds. The number of hydrogen-bond acceptors (Lipinski definition) is 4. The summed E-state index contributed by atoms with van der Waals surface area (Å²) in [6.07, 6.45) is 2.00. The first-order valence-corrected chi connectivity index (χ1v) is 6.34. The van der Waals surface area contributed by atoms with Crippen molar-refractivity contribution in [2.45, 2.75) is 5.75 Å². The molecule has 1 aliphatic rings. The van der Waals surface area contributed by atoms with Crippen molar-refractivity contribution in [2.75, 3.05) is 5.88 Å². The van der Waals surface area contributed by atoms with Crippen molar-refractivity contribution >= 4 is 23.5 Å². The monoisotopic (exact) mass is 331 g/mol. The first kappa shape index (κ1) is 13.2. The van der Waals surface area contributed by atoms with Gasteiger partial charge in [-0.3, -0.25) is 0 Å². The second-order valence-corrected chi connectivity index (χ2v) is 5.27. The van der Waals surface area contributed by atoms with Crippen molar-refractivity contribution in [3.05, 3.63) is 46.3 Å². The number of hydrogen-bond donors (Lipinski definition) is 1. The summed E-state index contributed by atoms with van der Waals surface area (Å²) in [5.41, 5.74) is 1.36. The number of nitrogens with two attached hydrogens (primary N) is 1. The zero-order chi connectivity index (χ0) is 9.80. The zero-order valence-electron chi connectivity index (χ0n) is 8.02. The Labute approximate surface area is 114 Å². The second kappa shape index (κ2) is 6.68. The maximum absolute atomic E-state index is 5.62. The van der Waals surface area contributed by atoms with Gasteiger partial charge in [0.05, 0.1) is 10.1 Å². The van der Waals surface area contributed by atoms with Crippen LogP contribution in [0, 0.1) is 0 Å². The van der Waals surface area contributed by atoms with E-state index in [2.05, 4.69) is 24.3 Å². The predicted octanol–water partition coefficient (Wildman–Crippen LogP) is 2.60. The summed E-state index contributed by atoms with van der Waals surface area (Å²) < 4.78 is 1.30. The summed E-state index contributed by atoms with van der Waals surface area (Å²) in [5, 5.41) is 1.72. The first-order chi connectivity index (χ1) is 6.84. The minimum Gasteiger partial charge on any atom is -0.306 e. The quantitative estimate of drug-likeness (QED) is 0.681. The third-order valence-corrected chi connectivity index (χ3v) is 4.24. The Hall–Kier alpha value is 0.160. The molecule has 0 spiro atoms. The molecule has 2 nitrogen and oxygen atoms in total. The summed E-state index contributed by atoms with van der Waals surface area (Å²) in [5.74, 6) is 7.51. The minimum absolute atomic E-state index is 0. The Balaban J connectivity index is 0.00000112. The van der Waals surface area contributed by atoms with E-state index in [0.717, 1.165) is 11.6 Å². The molecular formula is C10H12AgN2S2. The van der Waals surface area contributed by atoms with Crippen molar-refractivity contribution in [3.63, 3.8) is 0 Å². The van der Waals surface area contributed by atoms with Gasteiger partial charge < -0.3 is 5.01 Å². The SMILES string of the molecule is NN1C=C(SCc2ccccc2)SC1.[Ag]. The number of hydrazine groups is 1. The van der Waals surface area contributed by atoms with Gasteiger partial charge in [0.1, 0.15) is 0 Å². The molecular weight excluding hydrogens is 320 g/mol. The third-order valence-electron chi connectivity index (χ3n) is 1.85. The molecule has 1 aromatic carbocycles. The third kappa shape index (κ3) is 4.26. The molecule has 0 aliphatic carbocycles. The fourth-order valence-corrected chi connectivity index (χ4v) is 3.10. The molecule has 1 heterocycles. The van der Waals surface area contributed by atoms with Crippen LogP contribution < -0.4 is 5.84 Å². The van der Waals surface area contributed by atoms with Gasteiger partial charge in [-0.2, -0.15) is 0 Å². The maximum atomic E-state index is 5.62. The first-order valence-electron chi connectivity index (χ1n) is 4.37. The van der Waals surface area contributed by atoms with Gasteiger partial charge in [-0.1, -0.05) is 42.1 Å². The van der Waals surface area contributed by atoms with Crippen molar-refractivity contribution in [3.8, 4) is 0 Å². The van der Waals surface area contributed by atoms with E-state index in [1.165, 1.54) is 9.80 Å². The van der Waals surface area contributed by atoms with Crippen LogP contribution >= 0.6 is 23.5 Å².